The van der Waals surface area contributed by atoms with E-state index in [1.807, 2.05) is 0 Å². The number of hydrogen-bond donors (Lipinski definition) is 2. The van der Waals surface area contributed by atoms with Crippen LogP contribution in [-0.4, -0.2) is 17.6 Å². The van der Waals surface area contributed by atoms with Crippen molar-refractivity contribution in [2.24, 2.45) is 17.1 Å². The maximum atomic E-state index is 10.6. The Morgan fingerprint density at radius 1 is 1.75 bits per heavy atom. The Balaban J connectivity index is 2.58. The van der Waals surface area contributed by atoms with Crippen molar-refractivity contribution in [1.29, 1.82) is 0 Å². The van der Waals surface area contributed by atoms with Crippen LogP contribution in [0, 0.1) is 11.3 Å². The molecular weight excluding hydrogens is 154 g/mol. The topological polar surface area (TPSA) is 63.3 Å². The van der Waals surface area contributed by atoms with Gasteiger partial charge in [-0.05, 0) is 30.7 Å². The molecule has 2 atom stereocenters. The lowest BCUT2D eigenvalue weighted by molar-refractivity contribution is -0.139. The van der Waals surface area contributed by atoms with Crippen molar-refractivity contribution in [2.45, 2.75) is 32.6 Å². The highest BCUT2D eigenvalue weighted by Gasteiger charge is 2.37. The number of aliphatic carboxylic acids is 1. The molecule has 0 aromatic heterocycles. The lowest BCUT2D eigenvalue weighted by atomic mass is 9.82. The van der Waals surface area contributed by atoms with Crippen LogP contribution in [0.4, 0.5) is 0 Å². The van der Waals surface area contributed by atoms with Crippen LogP contribution in [0.2, 0.25) is 0 Å². The fourth-order valence-corrected chi connectivity index (χ4v) is 2.23. The average Bonchev–Trinajstić information content (AvgIpc) is 2.32. The predicted molar refractivity (Wildman–Crippen MR) is 46.8 cm³/mol. The third-order valence-electron chi connectivity index (χ3n) is 2.91. The summed E-state index contributed by atoms with van der Waals surface area (Å²) in [4.78, 5) is 10.6. The molecule has 1 saturated carbocycles. The van der Waals surface area contributed by atoms with Gasteiger partial charge in [-0.1, -0.05) is 13.3 Å². The Morgan fingerprint density at radius 2 is 2.42 bits per heavy atom. The molecule has 1 fully saturated rings. The number of carboxylic acids is 1. The minimum atomic E-state index is -0.713. The zero-order valence-electron chi connectivity index (χ0n) is 7.55. The molecule has 0 aliphatic heterocycles. The third kappa shape index (κ3) is 1.97. The third-order valence-corrected chi connectivity index (χ3v) is 2.91. The monoisotopic (exact) mass is 171 g/mol. The summed E-state index contributed by atoms with van der Waals surface area (Å²) in [5, 5.41) is 8.70. The first kappa shape index (κ1) is 9.52. The fraction of sp³-hybridized carbons (Fsp3) is 0.889. The Morgan fingerprint density at radius 3 is 2.75 bits per heavy atom. The Hall–Kier alpha value is -0.570. The van der Waals surface area contributed by atoms with Gasteiger partial charge in [-0.3, -0.25) is 4.79 Å². The van der Waals surface area contributed by atoms with Crippen molar-refractivity contribution in [3.05, 3.63) is 0 Å². The summed E-state index contributed by atoms with van der Waals surface area (Å²) in [6, 6.07) is 0. The van der Waals surface area contributed by atoms with E-state index < -0.39 is 5.97 Å². The minimum absolute atomic E-state index is 0.0920. The number of carbonyl (C=O) groups is 1. The Kier molecular flexibility index (Phi) is 2.73. The molecule has 3 nitrogen and oxygen atoms in total. The molecule has 1 unspecified atom stereocenters. The molecule has 70 valence electrons. The largest absolute Gasteiger partial charge is 0.481 e. The first-order valence-corrected chi connectivity index (χ1v) is 4.50. The summed E-state index contributed by atoms with van der Waals surface area (Å²) >= 11 is 0. The van der Waals surface area contributed by atoms with Crippen molar-refractivity contribution >= 4 is 5.97 Å². The number of carboxylic acid groups (broad SMARTS) is 1. The van der Waals surface area contributed by atoms with Gasteiger partial charge in [0.15, 0.2) is 0 Å². The fourth-order valence-electron chi connectivity index (χ4n) is 2.23. The standard InChI is InChI=1S/C9H17NO2/c1-7-2-3-9(4-7,6-10)5-8(11)12/h7H,2-6,10H2,1H3,(H,11,12)/t7?,9-/m1/s1. The highest BCUT2D eigenvalue weighted by atomic mass is 16.4. The van der Waals surface area contributed by atoms with E-state index in [1.165, 1.54) is 0 Å². The van der Waals surface area contributed by atoms with Crippen LogP contribution in [0.15, 0.2) is 0 Å². The second-order valence-corrected chi connectivity index (χ2v) is 4.12. The highest BCUT2D eigenvalue weighted by Crippen LogP contribution is 2.43. The van der Waals surface area contributed by atoms with Gasteiger partial charge in [-0.15, -0.1) is 0 Å². The van der Waals surface area contributed by atoms with Crippen molar-refractivity contribution < 1.29 is 9.90 Å². The van der Waals surface area contributed by atoms with Crippen LogP contribution in [0.1, 0.15) is 32.6 Å². The molecule has 0 saturated heterocycles. The molecule has 0 bridgehead atoms. The van der Waals surface area contributed by atoms with Crippen LogP contribution in [0.25, 0.3) is 0 Å². The van der Waals surface area contributed by atoms with Crippen LogP contribution >= 0.6 is 0 Å². The lowest BCUT2D eigenvalue weighted by Crippen LogP contribution is -2.30. The molecule has 1 rings (SSSR count). The smallest absolute Gasteiger partial charge is 0.303 e. The van der Waals surface area contributed by atoms with Crippen LogP contribution in [-0.2, 0) is 4.79 Å². The highest BCUT2D eigenvalue weighted by molar-refractivity contribution is 5.67. The first-order chi connectivity index (χ1) is 5.58. The van der Waals surface area contributed by atoms with E-state index in [2.05, 4.69) is 6.92 Å². The predicted octanol–water partition coefficient (Wildman–Crippen LogP) is 1.23. The molecule has 1 aliphatic rings. The van der Waals surface area contributed by atoms with Crippen LogP contribution in [0.3, 0.4) is 0 Å². The van der Waals surface area contributed by atoms with Crippen LogP contribution < -0.4 is 5.73 Å². The molecule has 0 spiro atoms. The average molecular weight is 171 g/mol. The second kappa shape index (κ2) is 3.44. The normalized spacial score (nSPS) is 35.3. The van der Waals surface area contributed by atoms with Crippen LogP contribution in [0.5, 0.6) is 0 Å². The Bertz CT molecular complexity index is 181. The summed E-state index contributed by atoms with van der Waals surface area (Å²) < 4.78 is 0. The second-order valence-electron chi connectivity index (χ2n) is 4.12. The van der Waals surface area contributed by atoms with Gasteiger partial charge < -0.3 is 10.8 Å². The van der Waals surface area contributed by atoms with Crippen molar-refractivity contribution in [3.63, 3.8) is 0 Å². The number of rotatable bonds is 3. The number of hydrogen-bond acceptors (Lipinski definition) is 2. The zero-order chi connectivity index (χ0) is 9.19. The maximum Gasteiger partial charge on any atom is 0.303 e. The molecule has 3 N–H and O–H groups in total. The van der Waals surface area contributed by atoms with Gasteiger partial charge in [-0.25, -0.2) is 0 Å². The van der Waals surface area contributed by atoms with Gasteiger partial charge in [0, 0.05) is 0 Å². The maximum absolute atomic E-state index is 10.6. The molecule has 1 aliphatic carbocycles. The summed E-state index contributed by atoms with van der Waals surface area (Å²) in [5.74, 6) is -0.0672. The Labute approximate surface area is 72.9 Å². The van der Waals surface area contributed by atoms with Crippen molar-refractivity contribution in [1.82, 2.24) is 0 Å². The molecule has 0 aromatic rings. The van der Waals surface area contributed by atoms with E-state index in [9.17, 15) is 4.79 Å². The molecule has 3 heteroatoms. The SMILES string of the molecule is CC1CC[C@](CN)(CC(=O)O)C1. The van der Waals surface area contributed by atoms with Crippen molar-refractivity contribution in [2.75, 3.05) is 6.54 Å². The quantitative estimate of drug-likeness (QED) is 0.671. The molecular formula is C9H17NO2. The van der Waals surface area contributed by atoms with Gasteiger partial charge in [0.25, 0.3) is 0 Å². The zero-order valence-corrected chi connectivity index (χ0v) is 7.55. The molecule has 12 heavy (non-hydrogen) atoms. The van der Waals surface area contributed by atoms with E-state index in [-0.39, 0.29) is 11.8 Å². The number of nitrogens with two attached hydrogens (primary N) is 1. The van der Waals surface area contributed by atoms with Gasteiger partial charge in [0.2, 0.25) is 0 Å². The summed E-state index contributed by atoms with van der Waals surface area (Å²) in [6.07, 6.45) is 3.34. The van der Waals surface area contributed by atoms with E-state index >= 15 is 0 Å². The minimum Gasteiger partial charge on any atom is -0.481 e. The summed E-state index contributed by atoms with van der Waals surface area (Å²) in [7, 11) is 0. The summed E-state index contributed by atoms with van der Waals surface area (Å²) in [6.45, 7) is 2.68. The van der Waals surface area contributed by atoms with Gasteiger partial charge in [0.1, 0.15) is 0 Å². The van der Waals surface area contributed by atoms with Gasteiger partial charge in [-0.2, -0.15) is 0 Å². The molecule has 0 heterocycles. The summed E-state index contributed by atoms with van der Waals surface area (Å²) in [5.41, 5.74) is 5.52. The van der Waals surface area contributed by atoms with Crippen molar-refractivity contribution in [3.8, 4) is 0 Å². The molecule has 0 aromatic carbocycles. The molecule has 0 radical (unpaired) electrons. The first-order valence-electron chi connectivity index (χ1n) is 4.50. The molecule has 0 amide bonds. The van der Waals surface area contributed by atoms with Gasteiger partial charge >= 0.3 is 5.97 Å². The van der Waals surface area contributed by atoms with E-state index in [0.717, 1.165) is 19.3 Å². The van der Waals surface area contributed by atoms with E-state index in [4.69, 9.17) is 10.8 Å². The van der Waals surface area contributed by atoms with E-state index in [1.54, 1.807) is 0 Å². The lowest BCUT2D eigenvalue weighted by Gasteiger charge is -2.25. The van der Waals surface area contributed by atoms with E-state index in [0.29, 0.717) is 12.5 Å². The van der Waals surface area contributed by atoms with Gasteiger partial charge in [0.05, 0.1) is 6.42 Å².